The summed E-state index contributed by atoms with van der Waals surface area (Å²) in [5.74, 6) is -0.619. The molecule has 1 aromatic heterocycles. The van der Waals surface area contributed by atoms with Gasteiger partial charge in [-0.15, -0.1) is 0 Å². The molecule has 0 aliphatic carbocycles. The van der Waals surface area contributed by atoms with Gasteiger partial charge in [0.25, 0.3) is 0 Å². The molecule has 4 aromatic rings. The van der Waals surface area contributed by atoms with E-state index in [0.717, 1.165) is 11.1 Å². The van der Waals surface area contributed by atoms with Gasteiger partial charge in [-0.25, -0.2) is 13.2 Å². The number of carbonyl (C=O) groups is 1. The van der Waals surface area contributed by atoms with Gasteiger partial charge in [0.15, 0.2) is 4.90 Å². The Labute approximate surface area is 198 Å². The molecule has 0 N–H and O–H groups in total. The van der Waals surface area contributed by atoms with E-state index in [1.807, 2.05) is 32.0 Å². The lowest BCUT2D eigenvalue weighted by molar-refractivity contribution is 0.0714. The Balaban J connectivity index is 1.94. The lowest BCUT2D eigenvalue weighted by Crippen LogP contribution is -2.15. The van der Waals surface area contributed by atoms with Crippen molar-refractivity contribution in [1.82, 2.24) is 9.78 Å². The zero-order valence-electron chi connectivity index (χ0n) is 19.3. The van der Waals surface area contributed by atoms with Crippen LogP contribution < -0.4 is 9.47 Å². The molecule has 0 aliphatic heterocycles. The van der Waals surface area contributed by atoms with Gasteiger partial charge in [-0.3, -0.25) is 0 Å². The predicted octanol–water partition coefficient (Wildman–Crippen LogP) is 4.86. The highest BCUT2D eigenvalue weighted by atomic mass is 32.2. The number of aromatic nitrogens is 2. The lowest BCUT2D eigenvalue weighted by Gasteiger charge is -2.14. The Hall–Kier alpha value is -3.91. The number of rotatable bonds is 6. The maximum atomic E-state index is 13.6. The van der Waals surface area contributed by atoms with Crippen LogP contribution in [0.5, 0.6) is 11.6 Å². The van der Waals surface area contributed by atoms with Crippen LogP contribution in [0, 0.1) is 20.8 Å². The topological polar surface area (TPSA) is 87.5 Å². The average molecular weight is 477 g/mol. The minimum atomic E-state index is -4.04. The molecule has 3 aromatic carbocycles. The fourth-order valence-electron chi connectivity index (χ4n) is 3.77. The number of para-hydroxylation sites is 1. The van der Waals surface area contributed by atoms with Gasteiger partial charge < -0.3 is 9.47 Å². The van der Waals surface area contributed by atoms with Gasteiger partial charge in [0.05, 0.1) is 23.4 Å². The van der Waals surface area contributed by atoms with Crippen molar-refractivity contribution in [3.63, 3.8) is 0 Å². The molecule has 0 saturated carbocycles. The molecule has 0 fully saturated rings. The first kappa shape index (κ1) is 23.3. The first-order chi connectivity index (χ1) is 16.2. The lowest BCUT2D eigenvalue weighted by atomic mass is 10.1. The third-order valence-electron chi connectivity index (χ3n) is 5.38. The second-order valence-electron chi connectivity index (χ2n) is 7.83. The Morgan fingerprint density at radius 2 is 1.59 bits per heavy atom. The Bertz CT molecular complexity index is 1470. The number of benzene rings is 3. The molecule has 0 atom stereocenters. The molecule has 0 spiro atoms. The van der Waals surface area contributed by atoms with Crippen LogP contribution in [0.3, 0.4) is 0 Å². The van der Waals surface area contributed by atoms with Gasteiger partial charge >= 0.3 is 5.97 Å². The van der Waals surface area contributed by atoms with Crippen molar-refractivity contribution in [2.24, 2.45) is 0 Å². The Morgan fingerprint density at radius 1 is 0.912 bits per heavy atom. The van der Waals surface area contributed by atoms with Crippen LogP contribution in [0.1, 0.15) is 27.2 Å². The van der Waals surface area contributed by atoms with Crippen molar-refractivity contribution in [3.05, 3.63) is 95.2 Å². The van der Waals surface area contributed by atoms with Gasteiger partial charge in [0.2, 0.25) is 15.7 Å². The zero-order valence-corrected chi connectivity index (χ0v) is 20.1. The fraction of sp³-hybridized carbons (Fsp3) is 0.154. The van der Waals surface area contributed by atoms with Gasteiger partial charge in [-0.05, 0) is 56.7 Å². The number of ether oxygens (including phenoxy) is 2. The van der Waals surface area contributed by atoms with E-state index < -0.39 is 15.8 Å². The summed E-state index contributed by atoms with van der Waals surface area (Å²) in [5, 5.41) is 4.48. The van der Waals surface area contributed by atoms with Crippen LogP contribution >= 0.6 is 0 Å². The van der Waals surface area contributed by atoms with Crippen LogP contribution in [-0.2, 0) is 9.84 Å². The third kappa shape index (κ3) is 4.20. The van der Waals surface area contributed by atoms with Gasteiger partial charge in [-0.1, -0.05) is 48.0 Å². The van der Waals surface area contributed by atoms with E-state index in [9.17, 15) is 13.2 Å². The smallest absolute Gasteiger partial charge is 0.348 e. The monoisotopic (exact) mass is 476 g/mol. The highest BCUT2D eigenvalue weighted by Gasteiger charge is 2.33. The second-order valence-corrected chi connectivity index (χ2v) is 9.71. The van der Waals surface area contributed by atoms with Crippen molar-refractivity contribution >= 4 is 15.8 Å². The molecular weight excluding hydrogens is 452 g/mol. The summed E-state index contributed by atoms with van der Waals surface area (Å²) in [6.45, 7) is 5.42. The van der Waals surface area contributed by atoms with Crippen molar-refractivity contribution in [3.8, 4) is 17.3 Å². The largest absolute Gasteiger partial charge is 0.496 e. The maximum absolute atomic E-state index is 13.6. The first-order valence-corrected chi connectivity index (χ1v) is 12.0. The van der Waals surface area contributed by atoms with E-state index in [4.69, 9.17) is 9.47 Å². The normalized spacial score (nSPS) is 11.3. The van der Waals surface area contributed by atoms with E-state index in [2.05, 4.69) is 5.10 Å². The van der Waals surface area contributed by atoms with E-state index >= 15 is 0 Å². The summed E-state index contributed by atoms with van der Waals surface area (Å²) >= 11 is 0. The Kier molecular flexibility index (Phi) is 6.26. The summed E-state index contributed by atoms with van der Waals surface area (Å²) in [5.41, 5.74) is 2.87. The maximum Gasteiger partial charge on any atom is 0.348 e. The van der Waals surface area contributed by atoms with Gasteiger partial charge in [0, 0.05) is 0 Å². The predicted molar refractivity (Wildman–Crippen MR) is 128 cm³/mol. The Morgan fingerprint density at radius 3 is 2.26 bits per heavy atom. The number of hydrogen-bond donors (Lipinski definition) is 0. The SMILES string of the molecule is COc1ccccc1C(=O)Oc1c(S(=O)(=O)c2ccccc2)c(C)nn1-c1ccc(C)cc1C. The summed E-state index contributed by atoms with van der Waals surface area (Å²) in [4.78, 5) is 13.1. The molecule has 7 nitrogen and oxygen atoms in total. The highest BCUT2D eigenvalue weighted by Crippen LogP contribution is 2.36. The highest BCUT2D eigenvalue weighted by molar-refractivity contribution is 7.91. The molecule has 174 valence electrons. The molecule has 0 amide bonds. The van der Waals surface area contributed by atoms with Crippen molar-refractivity contribution in [1.29, 1.82) is 0 Å². The average Bonchev–Trinajstić information content (AvgIpc) is 3.15. The number of carbonyl (C=O) groups excluding carboxylic acids is 1. The zero-order chi connectivity index (χ0) is 24.5. The van der Waals surface area contributed by atoms with E-state index in [0.29, 0.717) is 11.4 Å². The summed E-state index contributed by atoms with van der Waals surface area (Å²) in [6.07, 6.45) is 0. The van der Waals surface area contributed by atoms with Crippen LogP contribution in [0.4, 0.5) is 0 Å². The minimum Gasteiger partial charge on any atom is -0.496 e. The number of methoxy groups -OCH3 is 1. The number of aryl methyl sites for hydroxylation is 3. The van der Waals surface area contributed by atoms with Crippen LogP contribution in [0.25, 0.3) is 5.69 Å². The molecule has 0 bridgehead atoms. The third-order valence-corrected chi connectivity index (χ3v) is 7.28. The fourth-order valence-corrected chi connectivity index (χ4v) is 5.31. The van der Waals surface area contributed by atoms with E-state index in [1.165, 1.54) is 23.9 Å². The van der Waals surface area contributed by atoms with Crippen LogP contribution in [0.15, 0.2) is 82.6 Å². The quantitative estimate of drug-likeness (QED) is 0.370. The number of esters is 1. The van der Waals surface area contributed by atoms with E-state index in [1.54, 1.807) is 49.4 Å². The molecular formula is C26H24N2O5S. The van der Waals surface area contributed by atoms with Gasteiger partial charge in [-0.2, -0.15) is 9.78 Å². The number of sulfone groups is 1. The molecule has 0 unspecified atom stereocenters. The van der Waals surface area contributed by atoms with Crippen molar-refractivity contribution in [2.45, 2.75) is 30.6 Å². The van der Waals surface area contributed by atoms with Crippen molar-refractivity contribution < 1.29 is 22.7 Å². The van der Waals surface area contributed by atoms with Crippen LogP contribution in [0.2, 0.25) is 0 Å². The molecule has 34 heavy (non-hydrogen) atoms. The van der Waals surface area contributed by atoms with E-state index in [-0.39, 0.29) is 26.9 Å². The molecule has 0 saturated heterocycles. The summed E-state index contributed by atoms with van der Waals surface area (Å²) < 4.78 is 39.7. The molecule has 0 radical (unpaired) electrons. The molecule has 0 aliphatic rings. The second kappa shape index (κ2) is 9.15. The van der Waals surface area contributed by atoms with Crippen LogP contribution in [-0.4, -0.2) is 31.3 Å². The summed E-state index contributed by atoms with van der Waals surface area (Å²) in [7, 11) is -2.60. The van der Waals surface area contributed by atoms with Gasteiger partial charge in [0.1, 0.15) is 11.3 Å². The number of nitrogens with zero attached hydrogens (tertiary/aromatic N) is 2. The molecule has 4 rings (SSSR count). The van der Waals surface area contributed by atoms with Crippen molar-refractivity contribution in [2.75, 3.05) is 7.11 Å². The number of hydrogen-bond acceptors (Lipinski definition) is 6. The summed E-state index contributed by atoms with van der Waals surface area (Å²) in [6, 6.07) is 20.2. The minimum absolute atomic E-state index is 0.0767. The molecule has 8 heteroatoms. The first-order valence-electron chi connectivity index (χ1n) is 10.6. The standard InChI is InChI=1S/C26H24N2O5S/c1-17-14-15-22(18(2)16-17)28-25(33-26(29)21-12-8-9-13-23(21)32-4)24(19(3)27-28)34(30,31)20-10-6-5-7-11-20/h5-16H,1-4H3. The molecule has 1 heterocycles.